The Labute approximate surface area is 105 Å². The predicted molar refractivity (Wildman–Crippen MR) is 70.8 cm³/mol. The van der Waals surface area contributed by atoms with Crippen molar-refractivity contribution < 1.29 is 0 Å². The first-order chi connectivity index (χ1) is 8.90. The molecule has 0 spiro atoms. The molecule has 1 aromatic carbocycles. The van der Waals surface area contributed by atoms with E-state index in [1.807, 2.05) is 53.3 Å². The third-order valence-electron chi connectivity index (χ3n) is 3.07. The Morgan fingerprint density at radius 2 is 1.83 bits per heavy atom. The molecule has 3 aromatic rings. The summed E-state index contributed by atoms with van der Waals surface area (Å²) in [6.45, 7) is 0. The Hall–Kier alpha value is -2.17. The molecule has 0 aliphatic carbocycles. The number of nitrogens with one attached hydrogen (secondary N) is 1. The van der Waals surface area contributed by atoms with E-state index in [1.54, 1.807) is 0 Å². The SMILES string of the molecule is NNC(c1ccccc1)c1cnn2ccccc12. The van der Waals surface area contributed by atoms with Crippen molar-refractivity contribution in [3.8, 4) is 0 Å². The number of rotatable bonds is 3. The Morgan fingerprint density at radius 1 is 1.06 bits per heavy atom. The van der Waals surface area contributed by atoms with Gasteiger partial charge in [-0.15, -0.1) is 0 Å². The maximum absolute atomic E-state index is 5.70. The molecule has 1 atom stereocenters. The fourth-order valence-corrected chi connectivity index (χ4v) is 2.19. The van der Waals surface area contributed by atoms with Crippen LogP contribution in [0.2, 0.25) is 0 Å². The van der Waals surface area contributed by atoms with Crippen molar-refractivity contribution in [2.45, 2.75) is 6.04 Å². The molecule has 4 nitrogen and oxygen atoms in total. The van der Waals surface area contributed by atoms with Gasteiger partial charge in [0.15, 0.2) is 0 Å². The molecule has 0 amide bonds. The molecule has 2 aromatic heterocycles. The number of nitrogens with zero attached hydrogens (tertiary/aromatic N) is 2. The molecule has 0 aliphatic rings. The third kappa shape index (κ3) is 1.77. The number of hydrogen-bond donors (Lipinski definition) is 2. The lowest BCUT2D eigenvalue weighted by atomic mass is 10.0. The highest BCUT2D eigenvalue weighted by atomic mass is 15.3. The molecule has 0 saturated carbocycles. The number of pyridine rings is 1. The van der Waals surface area contributed by atoms with Gasteiger partial charge in [0, 0.05) is 11.8 Å². The molecule has 3 N–H and O–H groups in total. The van der Waals surface area contributed by atoms with Crippen LogP contribution in [-0.4, -0.2) is 9.61 Å². The summed E-state index contributed by atoms with van der Waals surface area (Å²) >= 11 is 0. The topological polar surface area (TPSA) is 55.3 Å². The molecular formula is C14H14N4. The van der Waals surface area contributed by atoms with E-state index in [0.29, 0.717) is 0 Å². The van der Waals surface area contributed by atoms with Gasteiger partial charge in [-0.1, -0.05) is 36.4 Å². The van der Waals surface area contributed by atoms with E-state index < -0.39 is 0 Å². The van der Waals surface area contributed by atoms with Crippen molar-refractivity contribution in [1.29, 1.82) is 0 Å². The minimum absolute atomic E-state index is 0.0499. The normalized spacial score (nSPS) is 12.7. The van der Waals surface area contributed by atoms with E-state index in [0.717, 1.165) is 16.6 Å². The summed E-state index contributed by atoms with van der Waals surface area (Å²) < 4.78 is 1.85. The lowest BCUT2D eigenvalue weighted by molar-refractivity contribution is 0.641. The largest absolute Gasteiger partial charge is 0.271 e. The van der Waals surface area contributed by atoms with Crippen LogP contribution in [0.25, 0.3) is 5.52 Å². The van der Waals surface area contributed by atoms with Crippen LogP contribution in [0.1, 0.15) is 17.2 Å². The van der Waals surface area contributed by atoms with Gasteiger partial charge in [-0.05, 0) is 17.7 Å². The highest BCUT2D eigenvalue weighted by Gasteiger charge is 2.16. The lowest BCUT2D eigenvalue weighted by Gasteiger charge is -2.15. The highest BCUT2D eigenvalue weighted by molar-refractivity contribution is 5.56. The van der Waals surface area contributed by atoms with Crippen LogP contribution in [0.15, 0.2) is 60.9 Å². The summed E-state index contributed by atoms with van der Waals surface area (Å²) in [4.78, 5) is 0. The van der Waals surface area contributed by atoms with Crippen molar-refractivity contribution in [2.75, 3.05) is 0 Å². The fraction of sp³-hybridized carbons (Fsp3) is 0.0714. The molecule has 1 unspecified atom stereocenters. The van der Waals surface area contributed by atoms with Gasteiger partial charge in [-0.25, -0.2) is 9.94 Å². The number of nitrogens with two attached hydrogens (primary N) is 1. The zero-order valence-corrected chi connectivity index (χ0v) is 9.82. The first kappa shape index (κ1) is 11.0. The molecule has 18 heavy (non-hydrogen) atoms. The molecule has 0 saturated heterocycles. The Morgan fingerprint density at radius 3 is 2.61 bits per heavy atom. The maximum Gasteiger partial charge on any atom is 0.0747 e. The zero-order chi connectivity index (χ0) is 12.4. The van der Waals surface area contributed by atoms with Crippen LogP contribution in [0.4, 0.5) is 0 Å². The van der Waals surface area contributed by atoms with E-state index in [9.17, 15) is 0 Å². The van der Waals surface area contributed by atoms with E-state index in [-0.39, 0.29) is 6.04 Å². The minimum atomic E-state index is -0.0499. The minimum Gasteiger partial charge on any atom is -0.271 e. The predicted octanol–water partition coefficient (Wildman–Crippen LogP) is 1.89. The highest BCUT2D eigenvalue weighted by Crippen LogP contribution is 2.24. The van der Waals surface area contributed by atoms with Crippen LogP contribution in [0.5, 0.6) is 0 Å². The average Bonchev–Trinajstić information content (AvgIpc) is 2.85. The van der Waals surface area contributed by atoms with Gasteiger partial charge >= 0.3 is 0 Å². The molecule has 0 aliphatic heterocycles. The molecule has 0 radical (unpaired) electrons. The van der Waals surface area contributed by atoms with Crippen LogP contribution < -0.4 is 11.3 Å². The summed E-state index contributed by atoms with van der Waals surface area (Å²) in [5, 5.41) is 4.33. The summed E-state index contributed by atoms with van der Waals surface area (Å²) in [6, 6.07) is 16.1. The van der Waals surface area contributed by atoms with Crippen LogP contribution in [0, 0.1) is 0 Å². The molecule has 4 heteroatoms. The molecule has 0 fully saturated rings. The first-order valence-electron chi connectivity index (χ1n) is 5.83. The number of hydrazine groups is 1. The van der Waals surface area contributed by atoms with Gasteiger partial charge in [0.25, 0.3) is 0 Å². The number of fused-ring (bicyclic) bond motifs is 1. The Bertz CT molecular complexity index is 645. The Kier molecular flexibility index (Phi) is 2.80. The number of hydrogen-bond acceptors (Lipinski definition) is 3. The number of benzene rings is 1. The standard InChI is InChI=1S/C14H14N4/c15-17-14(11-6-2-1-3-7-11)12-10-16-18-9-5-4-8-13(12)18/h1-10,14,17H,15H2. The van der Waals surface area contributed by atoms with Gasteiger partial charge in [0.2, 0.25) is 0 Å². The number of aromatic nitrogens is 2. The van der Waals surface area contributed by atoms with Crippen LogP contribution >= 0.6 is 0 Å². The van der Waals surface area contributed by atoms with Crippen LogP contribution in [0.3, 0.4) is 0 Å². The third-order valence-corrected chi connectivity index (χ3v) is 3.07. The van der Waals surface area contributed by atoms with Crippen molar-refractivity contribution in [2.24, 2.45) is 5.84 Å². The van der Waals surface area contributed by atoms with Gasteiger partial charge in [0.05, 0.1) is 17.8 Å². The summed E-state index contributed by atoms with van der Waals surface area (Å²) in [6.07, 6.45) is 3.78. The first-order valence-corrected chi connectivity index (χ1v) is 5.83. The molecule has 2 heterocycles. The maximum atomic E-state index is 5.70. The van der Waals surface area contributed by atoms with Gasteiger partial charge in [-0.3, -0.25) is 5.84 Å². The monoisotopic (exact) mass is 238 g/mol. The molecular weight excluding hydrogens is 224 g/mol. The van der Waals surface area contributed by atoms with Crippen molar-refractivity contribution in [3.05, 3.63) is 72.1 Å². The van der Waals surface area contributed by atoms with E-state index in [4.69, 9.17) is 5.84 Å². The fourth-order valence-electron chi connectivity index (χ4n) is 2.19. The lowest BCUT2D eigenvalue weighted by Crippen LogP contribution is -2.28. The molecule has 0 bridgehead atoms. The summed E-state index contributed by atoms with van der Waals surface area (Å²) in [5.41, 5.74) is 6.12. The second-order valence-corrected chi connectivity index (χ2v) is 4.14. The Balaban J connectivity index is 2.12. The van der Waals surface area contributed by atoms with Crippen molar-refractivity contribution >= 4 is 5.52 Å². The van der Waals surface area contributed by atoms with Gasteiger partial charge in [0.1, 0.15) is 0 Å². The zero-order valence-electron chi connectivity index (χ0n) is 9.82. The van der Waals surface area contributed by atoms with E-state index in [1.165, 1.54) is 0 Å². The second kappa shape index (κ2) is 4.60. The smallest absolute Gasteiger partial charge is 0.0747 e. The summed E-state index contributed by atoms with van der Waals surface area (Å²) in [7, 11) is 0. The van der Waals surface area contributed by atoms with Crippen LogP contribution in [-0.2, 0) is 0 Å². The summed E-state index contributed by atoms with van der Waals surface area (Å²) in [5.74, 6) is 5.70. The van der Waals surface area contributed by atoms with Crippen molar-refractivity contribution in [3.63, 3.8) is 0 Å². The quantitative estimate of drug-likeness (QED) is 0.541. The average molecular weight is 238 g/mol. The van der Waals surface area contributed by atoms with E-state index in [2.05, 4.69) is 22.7 Å². The van der Waals surface area contributed by atoms with E-state index >= 15 is 0 Å². The molecule has 90 valence electrons. The van der Waals surface area contributed by atoms with Crippen molar-refractivity contribution in [1.82, 2.24) is 15.0 Å². The molecule has 3 rings (SSSR count). The van der Waals surface area contributed by atoms with Gasteiger partial charge in [-0.2, -0.15) is 5.10 Å². The second-order valence-electron chi connectivity index (χ2n) is 4.14. The van der Waals surface area contributed by atoms with Gasteiger partial charge < -0.3 is 0 Å².